The molecule has 1 unspecified atom stereocenters. The number of hydrogen-bond donors (Lipinski definition) is 1. The molecule has 0 radical (unpaired) electrons. The van der Waals surface area contributed by atoms with Crippen LogP contribution in [-0.4, -0.2) is 23.5 Å². The van der Waals surface area contributed by atoms with Crippen LogP contribution < -0.4 is 0 Å². The Morgan fingerprint density at radius 1 is 1.56 bits per heavy atom. The van der Waals surface area contributed by atoms with Crippen LogP contribution in [-0.2, 0) is 18.1 Å². The summed E-state index contributed by atoms with van der Waals surface area (Å²) in [5.74, 6) is 0.507. The van der Waals surface area contributed by atoms with Crippen LogP contribution >= 0.6 is 0 Å². The predicted molar refractivity (Wildman–Crippen MR) is 59.5 cm³/mol. The summed E-state index contributed by atoms with van der Waals surface area (Å²) in [6, 6.07) is 1.72. The quantitative estimate of drug-likeness (QED) is 0.802. The van der Waals surface area contributed by atoms with Crippen molar-refractivity contribution in [2.24, 2.45) is 7.05 Å². The molecule has 6 heteroatoms. The summed E-state index contributed by atoms with van der Waals surface area (Å²) in [5, 5.41) is 5.33. The molecule has 0 saturated heterocycles. The molecule has 0 aliphatic heterocycles. The van der Waals surface area contributed by atoms with Crippen molar-refractivity contribution >= 4 is 22.1 Å². The van der Waals surface area contributed by atoms with Crippen molar-refractivity contribution < 1.29 is 8.76 Å². The molecule has 1 atom stereocenters. The second-order valence-electron chi connectivity index (χ2n) is 4.07. The van der Waals surface area contributed by atoms with Crippen molar-refractivity contribution in [2.75, 3.05) is 0 Å². The number of aromatic nitrogens is 3. The van der Waals surface area contributed by atoms with Crippen LogP contribution in [0.5, 0.6) is 0 Å². The van der Waals surface area contributed by atoms with E-state index in [2.05, 4.69) is 10.1 Å². The van der Waals surface area contributed by atoms with Crippen LogP contribution in [0.2, 0.25) is 0 Å². The van der Waals surface area contributed by atoms with Gasteiger partial charge in [-0.25, -0.2) is 9.19 Å². The lowest BCUT2D eigenvalue weighted by Crippen LogP contribution is -1.93. The van der Waals surface area contributed by atoms with E-state index in [0.29, 0.717) is 10.8 Å². The number of pyridine rings is 1. The summed E-state index contributed by atoms with van der Waals surface area (Å²) in [6.45, 7) is 0. The van der Waals surface area contributed by atoms with Gasteiger partial charge in [0.2, 0.25) is 0 Å². The zero-order chi connectivity index (χ0) is 11.3. The molecule has 5 nitrogen and oxygen atoms in total. The Morgan fingerprint density at radius 3 is 2.94 bits per heavy atom. The molecule has 3 rings (SSSR count). The van der Waals surface area contributed by atoms with Gasteiger partial charge in [-0.05, 0) is 18.9 Å². The van der Waals surface area contributed by atoms with Gasteiger partial charge in [0.25, 0.3) is 0 Å². The molecule has 0 spiro atoms. The number of nitrogens with zero attached hydrogens (tertiary/aromatic N) is 3. The van der Waals surface area contributed by atoms with Crippen LogP contribution in [0.15, 0.2) is 17.2 Å². The van der Waals surface area contributed by atoms with Crippen LogP contribution in [0.25, 0.3) is 11.0 Å². The van der Waals surface area contributed by atoms with E-state index < -0.39 is 11.1 Å². The number of rotatable bonds is 2. The lowest BCUT2D eigenvalue weighted by Gasteiger charge is -1.96. The monoisotopic (exact) mass is 237 g/mol. The van der Waals surface area contributed by atoms with Crippen LogP contribution in [0.1, 0.15) is 24.5 Å². The lowest BCUT2D eigenvalue weighted by molar-refractivity contribution is 0.564. The highest BCUT2D eigenvalue weighted by molar-refractivity contribution is 7.79. The Kier molecular flexibility index (Phi) is 2.08. The maximum atomic E-state index is 11.0. The van der Waals surface area contributed by atoms with Gasteiger partial charge >= 0.3 is 0 Å². The van der Waals surface area contributed by atoms with Crippen molar-refractivity contribution in [1.29, 1.82) is 0 Å². The van der Waals surface area contributed by atoms with Gasteiger partial charge in [-0.2, -0.15) is 5.10 Å². The first kappa shape index (κ1) is 9.92. The van der Waals surface area contributed by atoms with Crippen molar-refractivity contribution in [2.45, 2.75) is 23.7 Å². The fourth-order valence-electron chi connectivity index (χ4n) is 1.90. The highest BCUT2D eigenvalue weighted by Gasteiger charge is 2.29. The summed E-state index contributed by atoms with van der Waals surface area (Å²) in [5.41, 5.74) is 1.79. The maximum Gasteiger partial charge on any atom is 0.188 e. The van der Waals surface area contributed by atoms with E-state index in [1.54, 1.807) is 10.7 Å². The summed E-state index contributed by atoms with van der Waals surface area (Å²) in [7, 11) is 1.84. The molecule has 2 heterocycles. The first-order chi connectivity index (χ1) is 7.66. The average Bonchev–Trinajstić information content (AvgIpc) is 3.04. The third-order valence-electron chi connectivity index (χ3n) is 2.85. The van der Waals surface area contributed by atoms with E-state index in [0.717, 1.165) is 29.6 Å². The Balaban J connectivity index is 2.26. The van der Waals surface area contributed by atoms with Gasteiger partial charge in [0.05, 0.1) is 10.6 Å². The van der Waals surface area contributed by atoms with Crippen LogP contribution in [0.3, 0.4) is 0 Å². The van der Waals surface area contributed by atoms with Crippen molar-refractivity contribution in [3.05, 3.63) is 18.0 Å². The van der Waals surface area contributed by atoms with Gasteiger partial charge in [0.1, 0.15) is 0 Å². The minimum Gasteiger partial charge on any atom is -0.302 e. The van der Waals surface area contributed by atoms with Gasteiger partial charge in [0.15, 0.2) is 16.7 Å². The zero-order valence-electron chi connectivity index (χ0n) is 8.75. The van der Waals surface area contributed by atoms with E-state index in [-0.39, 0.29) is 0 Å². The third-order valence-corrected chi connectivity index (χ3v) is 3.47. The molecular weight excluding hydrogens is 226 g/mol. The minimum absolute atomic E-state index is 0.336. The molecule has 0 bridgehead atoms. The molecular formula is C10H11N3O2S. The molecule has 1 aliphatic carbocycles. The second-order valence-corrected chi connectivity index (χ2v) is 5.04. The molecule has 0 aromatic carbocycles. The maximum absolute atomic E-state index is 11.0. The van der Waals surface area contributed by atoms with Gasteiger partial charge in [-0.1, -0.05) is 0 Å². The van der Waals surface area contributed by atoms with Crippen molar-refractivity contribution in [3.63, 3.8) is 0 Å². The topological polar surface area (TPSA) is 68.0 Å². The molecule has 16 heavy (non-hydrogen) atoms. The zero-order valence-corrected chi connectivity index (χ0v) is 9.57. The summed E-state index contributed by atoms with van der Waals surface area (Å²) >= 11 is -1.98. The highest BCUT2D eigenvalue weighted by atomic mass is 32.2. The fraction of sp³-hybridized carbons (Fsp3) is 0.400. The molecule has 1 N–H and O–H groups in total. The first-order valence-electron chi connectivity index (χ1n) is 5.10. The van der Waals surface area contributed by atoms with E-state index >= 15 is 0 Å². The van der Waals surface area contributed by atoms with E-state index in [4.69, 9.17) is 4.55 Å². The molecule has 1 aliphatic rings. The van der Waals surface area contributed by atoms with Crippen LogP contribution in [0, 0.1) is 0 Å². The summed E-state index contributed by atoms with van der Waals surface area (Å²) < 4.78 is 21.8. The second kappa shape index (κ2) is 3.36. The Hall–Kier alpha value is -1.27. The Bertz CT molecular complexity index is 589. The lowest BCUT2D eigenvalue weighted by atomic mass is 10.2. The fourth-order valence-corrected chi connectivity index (χ4v) is 2.26. The Morgan fingerprint density at radius 2 is 2.31 bits per heavy atom. The largest absolute Gasteiger partial charge is 0.302 e. The van der Waals surface area contributed by atoms with Crippen LogP contribution in [0.4, 0.5) is 0 Å². The van der Waals surface area contributed by atoms with Gasteiger partial charge in [-0.3, -0.25) is 4.68 Å². The average molecular weight is 237 g/mol. The number of aryl methyl sites for hydroxylation is 1. The standard InChI is InChI=1S/C10H11N3O2S/c1-13-10-8(9(12-13)6-2-3-6)4-7(5-11-10)16(14)15/h4-6H,2-3H2,1H3,(H,14,15). The van der Waals surface area contributed by atoms with E-state index in [9.17, 15) is 4.21 Å². The summed E-state index contributed by atoms with van der Waals surface area (Å²) in [4.78, 5) is 4.52. The van der Waals surface area contributed by atoms with Gasteiger partial charge in [-0.15, -0.1) is 0 Å². The van der Waals surface area contributed by atoms with Gasteiger partial charge in [0, 0.05) is 24.5 Å². The molecule has 1 fully saturated rings. The molecule has 2 aromatic rings. The first-order valence-corrected chi connectivity index (χ1v) is 6.21. The highest BCUT2D eigenvalue weighted by Crippen LogP contribution is 2.42. The molecule has 2 aromatic heterocycles. The SMILES string of the molecule is Cn1nc(C2CC2)c2cc(S(=O)O)cnc21. The van der Waals surface area contributed by atoms with E-state index in [1.807, 2.05) is 7.05 Å². The smallest absolute Gasteiger partial charge is 0.188 e. The third kappa shape index (κ3) is 1.45. The van der Waals surface area contributed by atoms with Gasteiger partial charge < -0.3 is 4.55 Å². The number of fused-ring (bicyclic) bond motifs is 1. The summed E-state index contributed by atoms with van der Waals surface area (Å²) in [6.07, 6.45) is 3.73. The van der Waals surface area contributed by atoms with Crippen molar-refractivity contribution in [3.8, 4) is 0 Å². The molecule has 84 valence electrons. The minimum atomic E-state index is -1.98. The predicted octanol–water partition coefficient (Wildman–Crippen LogP) is 1.43. The van der Waals surface area contributed by atoms with Crippen molar-refractivity contribution in [1.82, 2.24) is 14.8 Å². The Labute approximate surface area is 94.8 Å². The van der Waals surface area contributed by atoms with E-state index in [1.165, 1.54) is 6.20 Å². The molecule has 0 amide bonds. The number of hydrogen-bond acceptors (Lipinski definition) is 3. The molecule has 1 saturated carbocycles. The normalized spacial score (nSPS) is 17.9.